The largest absolute Gasteiger partial charge is 0.508 e. The van der Waals surface area contributed by atoms with Crippen molar-refractivity contribution in [3.63, 3.8) is 0 Å². The third kappa shape index (κ3) is 3.40. The highest BCUT2D eigenvalue weighted by Gasteiger charge is 2.46. The monoisotopic (exact) mass is 432 g/mol. The Bertz CT molecular complexity index is 1170. The minimum atomic E-state index is -1.74. The highest BCUT2D eigenvalue weighted by atomic mass is 16.5. The molecule has 1 aliphatic rings. The summed E-state index contributed by atoms with van der Waals surface area (Å²) in [6.07, 6.45) is -6.73. The highest BCUT2D eigenvalue weighted by molar-refractivity contribution is 5.91. The van der Waals surface area contributed by atoms with Crippen LogP contribution in [-0.4, -0.2) is 66.8 Å². The van der Waals surface area contributed by atoms with Gasteiger partial charge >= 0.3 is 0 Å². The van der Waals surface area contributed by atoms with E-state index >= 15 is 0 Å². The van der Waals surface area contributed by atoms with Gasteiger partial charge in [-0.25, -0.2) is 0 Å². The summed E-state index contributed by atoms with van der Waals surface area (Å²) in [5.41, 5.74) is -0.729. The van der Waals surface area contributed by atoms with Crippen molar-refractivity contribution in [2.45, 2.75) is 30.5 Å². The van der Waals surface area contributed by atoms with Crippen molar-refractivity contribution < 1.29 is 44.9 Å². The van der Waals surface area contributed by atoms with Crippen molar-refractivity contribution in [3.8, 4) is 28.4 Å². The molecule has 5 atom stereocenters. The molecule has 0 bridgehead atoms. The Kier molecular flexibility index (Phi) is 5.33. The zero-order chi connectivity index (χ0) is 22.4. The van der Waals surface area contributed by atoms with E-state index in [2.05, 4.69) is 0 Å². The van der Waals surface area contributed by atoms with Crippen LogP contribution in [0.25, 0.3) is 22.1 Å². The van der Waals surface area contributed by atoms with Crippen LogP contribution in [0.4, 0.5) is 0 Å². The molecule has 164 valence electrons. The van der Waals surface area contributed by atoms with Crippen LogP contribution in [0.15, 0.2) is 45.8 Å². The van der Waals surface area contributed by atoms with E-state index in [9.17, 15) is 40.5 Å². The normalized spacial score (nSPS) is 26.3. The van der Waals surface area contributed by atoms with Crippen LogP contribution in [0.3, 0.4) is 0 Å². The zero-order valence-corrected chi connectivity index (χ0v) is 15.9. The van der Waals surface area contributed by atoms with Crippen molar-refractivity contribution in [3.05, 3.63) is 52.4 Å². The van der Waals surface area contributed by atoms with Gasteiger partial charge in [0.1, 0.15) is 59.4 Å². The van der Waals surface area contributed by atoms with Crippen molar-refractivity contribution >= 4 is 11.0 Å². The average Bonchev–Trinajstić information content (AvgIpc) is 2.74. The van der Waals surface area contributed by atoms with Gasteiger partial charge in [0.05, 0.1) is 17.7 Å². The SMILES string of the molecule is O=c1c(-c2ccc(O)cc2)coc2c([C@@H]3OC(CO)[C@@H](O)[C@H](O)C3O)c(O)cc(O)c12. The number of ether oxygens (including phenoxy) is 1. The smallest absolute Gasteiger partial charge is 0.204 e. The highest BCUT2D eigenvalue weighted by Crippen LogP contribution is 2.43. The first-order valence-electron chi connectivity index (χ1n) is 9.34. The third-order valence-corrected chi connectivity index (χ3v) is 5.40. The minimum absolute atomic E-state index is 0.00778. The molecule has 1 aromatic heterocycles. The predicted octanol–water partition coefficient (Wildman–Crippen LogP) is 0.0917. The van der Waals surface area contributed by atoms with Gasteiger partial charge in [-0.2, -0.15) is 0 Å². The van der Waals surface area contributed by atoms with Gasteiger partial charge in [-0.1, -0.05) is 12.1 Å². The number of phenols is 3. The van der Waals surface area contributed by atoms with Crippen LogP contribution >= 0.6 is 0 Å². The molecule has 1 saturated heterocycles. The quantitative estimate of drug-likeness (QED) is 0.300. The van der Waals surface area contributed by atoms with Crippen LogP contribution in [-0.2, 0) is 4.74 Å². The van der Waals surface area contributed by atoms with E-state index in [1.54, 1.807) is 0 Å². The average molecular weight is 432 g/mol. The van der Waals surface area contributed by atoms with Crippen LogP contribution in [0.2, 0.25) is 0 Å². The van der Waals surface area contributed by atoms with Crippen molar-refractivity contribution in [1.29, 1.82) is 0 Å². The molecular weight excluding hydrogens is 412 g/mol. The molecular formula is C21H20O10. The second-order valence-corrected chi connectivity index (χ2v) is 7.31. The van der Waals surface area contributed by atoms with E-state index in [4.69, 9.17) is 9.15 Å². The maximum absolute atomic E-state index is 13.1. The Hall–Kier alpha value is -3.15. The molecule has 3 aromatic rings. The van der Waals surface area contributed by atoms with E-state index in [1.165, 1.54) is 24.3 Å². The van der Waals surface area contributed by atoms with E-state index in [-0.39, 0.29) is 27.8 Å². The first kappa shape index (κ1) is 21.1. The van der Waals surface area contributed by atoms with Gasteiger partial charge in [0.25, 0.3) is 0 Å². The number of hydrogen-bond acceptors (Lipinski definition) is 10. The molecule has 0 radical (unpaired) electrons. The summed E-state index contributed by atoms with van der Waals surface area (Å²) < 4.78 is 11.0. The molecule has 2 aromatic carbocycles. The summed E-state index contributed by atoms with van der Waals surface area (Å²) in [6, 6.07) is 6.56. The number of benzene rings is 2. The van der Waals surface area contributed by atoms with Crippen molar-refractivity contribution in [2.75, 3.05) is 6.61 Å². The van der Waals surface area contributed by atoms with Gasteiger partial charge < -0.3 is 44.9 Å². The number of rotatable bonds is 3. The van der Waals surface area contributed by atoms with Gasteiger partial charge in [-0.3, -0.25) is 4.79 Å². The van der Waals surface area contributed by atoms with Crippen LogP contribution in [0.5, 0.6) is 17.2 Å². The van der Waals surface area contributed by atoms with E-state index in [0.29, 0.717) is 5.56 Å². The fourth-order valence-corrected chi connectivity index (χ4v) is 3.75. The minimum Gasteiger partial charge on any atom is -0.508 e. The summed E-state index contributed by atoms with van der Waals surface area (Å²) in [7, 11) is 0. The van der Waals surface area contributed by atoms with Gasteiger partial charge in [-0.05, 0) is 17.7 Å². The van der Waals surface area contributed by atoms with E-state index in [0.717, 1.165) is 12.3 Å². The van der Waals surface area contributed by atoms with E-state index < -0.39 is 54.1 Å². The molecule has 10 heteroatoms. The van der Waals surface area contributed by atoms with E-state index in [1.807, 2.05) is 0 Å². The Morgan fingerprint density at radius 2 is 1.58 bits per heavy atom. The molecule has 1 fully saturated rings. The number of aliphatic hydroxyl groups is 4. The molecule has 31 heavy (non-hydrogen) atoms. The topological polar surface area (TPSA) is 181 Å². The van der Waals surface area contributed by atoms with Crippen LogP contribution in [0.1, 0.15) is 11.7 Å². The predicted molar refractivity (Wildman–Crippen MR) is 106 cm³/mol. The number of fused-ring (bicyclic) bond motifs is 1. The first-order valence-corrected chi connectivity index (χ1v) is 9.34. The van der Waals surface area contributed by atoms with Gasteiger partial charge in [0, 0.05) is 6.07 Å². The molecule has 2 unspecified atom stereocenters. The zero-order valence-electron chi connectivity index (χ0n) is 15.9. The maximum atomic E-state index is 13.1. The van der Waals surface area contributed by atoms with Gasteiger partial charge in [0.2, 0.25) is 5.43 Å². The Morgan fingerprint density at radius 1 is 0.903 bits per heavy atom. The maximum Gasteiger partial charge on any atom is 0.204 e. The number of aromatic hydroxyl groups is 3. The molecule has 0 aliphatic carbocycles. The standard InChI is InChI=1S/C21H20O10/c22-6-13-17(27)18(28)19(29)21(31-13)15-12(25)5-11(24)14-16(26)10(7-30-20(14)15)8-1-3-9(23)4-2-8/h1-5,7,13,17-19,21-25,27-29H,6H2/t13?,17-,18+,19?,21+/m1/s1. The molecule has 4 rings (SSSR count). The molecule has 1 aliphatic heterocycles. The summed E-state index contributed by atoms with van der Waals surface area (Å²) in [5.74, 6) is -1.18. The summed E-state index contributed by atoms with van der Waals surface area (Å²) >= 11 is 0. The number of aliphatic hydroxyl groups excluding tert-OH is 4. The molecule has 0 saturated carbocycles. The lowest BCUT2D eigenvalue weighted by Gasteiger charge is -2.40. The summed E-state index contributed by atoms with van der Waals surface area (Å²) in [5, 5.41) is 69.8. The number of phenolic OH excluding ortho intramolecular Hbond substituents is 3. The lowest BCUT2D eigenvalue weighted by Crippen LogP contribution is -2.55. The molecule has 0 amide bonds. The van der Waals surface area contributed by atoms with Crippen molar-refractivity contribution in [1.82, 2.24) is 0 Å². The fourth-order valence-electron chi connectivity index (χ4n) is 3.75. The molecule has 10 nitrogen and oxygen atoms in total. The second-order valence-electron chi connectivity index (χ2n) is 7.31. The summed E-state index contributed by atoms with van der Waals surface area (Å²) in [6.45, 7) is -0.687. The fraction of sp³-hybridized carbons (Fsp3) is 0.286. The van der Waals surface area contributed by atoms with Gasteiger partial charge in [-0.15, -0.1) is 0 Å². The van der Waals surface area contributed by atoms with Crippen LogP contribution < -0.4 is 5.43 Å². The lowest BCUT2D eigenvalue weighted by atomic mass is 9.89. The molecule has 0 spiro atoms. The first-order chi connectivity index (χ1) is 14.7. The molecule has 2 heterocycles. The Labute approximate surface area is 174 Å². The van der Waals surface area contributed by atoms with Crippen molar-refractivity contribution in [2.24, 2.45) is 0 Å². The Balaban J connectivity index is 1.92. The third-order valence-electron chi connectivity index (χ3n) is 5.40. The second kappa shape index (κ2) is 7.84. The lowest BCUT2D eigenvalue weighted by molar-refractivity contribution is -0.231. The number of hydrogen-bond donors (Lipinski definition) is 7. The summed E-state index contributed by atoms with van der Waals surface area (Å²) in [4.78, 5) is 13.1. The molecule has 7 N–H and O–H groups in total. The van der Waals surface area contributed by atoms with Gasteiger partial charge in [0.15, 0.2) is 5.58 Å². The Morgan fingerprint density at radius 3 is 2.23 bits per heavy atom. The van der Waals surface area contributed by atoms with Crippen LogP contribution in [0, 0.1) is 0 Å².